The van der Waals surface area contributed by atoms with Crippen LogP contribution >= 0.6 is 0 Å². The molecule has 2 aliphatic rings. The number of hydroxylamine groups is 2. The molecule has 0 fully saturated rings. The van der Waals surface area contributed by atoms with Gasteiger partial charge in [0.2, 0.25) is 5.78 Å². The van der Waals surface area contributed by atoms with Gasteiger partial charge in [0.05, 0.1) is 20.8 Å². The molecule has 0 radical (unpaired) electrons. The number of carbonyl (C=O) groups excluding carboxylic acids is 2. The summed E-state index contributed by atoms with van der Waals surface area (Å²) in [6, 6.07) is 11.5. The average molecular weight is 570 g/mol. The number of carbonyl (C=O) groups is 2. The van der Waals surface area contributed by atoms with Gasteiger partial charge < -0.3 is 44.1 Å². The molecule has 13 nitrogen and oxygen atoms in total. The van der Waals surface area contributed by atoms with Crippen LogP contribution in [0.25, 0.3) is 0 Å². The smallest absolute Gasteiger partial charge is 0.439 e. The largest absolute Gasteiger partial charge is 0.507 e. The maximum Gasteiger partial charge on any atom is 0.439 e. The number of ether oxygens (including phenoxy) is 5. The second-order valence-electron chi connectivity index (χ2n) is 9.23. The second-order valence-corrected chi connectivity index (χ2v) is 9.23. The molecule has 3 aromatic carbocycles. The monoisotopic (exact) mass is 569 g/mol. The molecule has 4 atom stereocenters. The van der Waals surface area contributed by atoms with Crippen LogP contribution in [0.2, 0.25) is 0 Å². The molecule has 0 saturated carbocycles. The normalized spacial score (nSPS) is 21.0. The summed E-state index contributed by atoms with van der Waals surface area (Å²) in [7, 11) is 3.99. The molecule has 2 aliphatic heterocycles. The predicted molar refractivity (Wildman–Crippen MR) is 139 cm³/mol. The molecule has 3 aromatic rings. The Kier molecular flexibility index (Phi) is 7.49. The molecule has 2 unspecified atom stereocenters. The van der Waals surface area contributed by atoms with Gasteiger partial charge in [-0.25, -0.2) is 4.79 Å². The minimum atomic E-state index is -1.69. The molecule has 0 saturated heterocycles. The molecule has 0 aliphatic carbocycles. The molecule has 13 heteroatoms. The molecule has 216 valence electrons. The Balaban J connectivity index is 1.45. The molecule has 41 heavy (non-hydrogen) atoms. The van der Waals surface area contributed by atoms with Crippen molar-refractivity contribution in [1.82, 2.24) is 5.06 Å². The number of methoxy groups -OCH3 is 1. The van der Waals surface area contributed by atoms with Crippen LogP contribution in [0, 0.1) is 0 Å². The number of hydrogen-bond donors (Lipinski definition) is 4. The first-order chi connectivity index (χ1) is 19.6. The Hall–Kier alpha value is -4.72. The second kappa shape index (κ2) is 11.0. The predicted octanol–water partition coefficient (Wildman–Crippen LogP) is 2.65. The van der Waals surface area contributed by atoms with Gasteiger partial charge >= 0.3 is 6.09 Å². The van der Waals surface area contributed by atoms with Crippen LogP contribution < -0.4 is 23.7 Å². The standard InChI is InChI=1S/C28H27NO12/c1-29(37-3)28(35)38-15-10-17(32)23-21(11-15)41-27(25(34)24(23)33)14-5-7-18-20(9-14)40-26(22(12-30)39-18)13-4-6-16(31)19(8-13)36-2/h4-11,22,25-27,30-32,34H,12H2,1-3H3/t22?,25-,26?,27+/m0/s1. The Bertz CT molecular complexity index is 1490. The number of fused-ring (bicyclic) bond motifs is 2. The van der Waals surface area contributed by atoms with Crippen molar-refractivity contribution < 1.29 is 58.5 Å². The minimum absolute atomic E-state index is 0.0701. The number of aliphatic hydroxyl groups is 2. The van der Waals surface area contributed by atoms with Gasteiger partial charge in [-0.2, -0.15) is 5.06 Å². The zero-order chi connectivity index (χ0) is 29.4. The quantitative estimate of drug-likeness (QED) is 0.320. The summed E-state index contributed by atoms with van der Waals surface area (Å²) in [5.41, 5.74) is 0.632. The third-order valence-corrected chi connectivity index (χ3v) is 6.73. The van der Waals surface area contributed by atoms with E-state index in [1.54, 1.807) is 24.3 Å². The van der Waals surface area contributed by atoms with E-state index in [0.29, 0.717) is 16.9 Å². The fourth-order valence-electron chi connectivity index (χ4n) is 4.57. The molecule has 5 rings (SSSR count). The Labute approximate surface area is 233 Å². The van der Waals surface area contributed by atoms with Gasteiger partial charge in [0.25, 0.3) is 0 Å². The first-order valence-electron chi connectivity index (χ1n) is 12.4. The van der Waals surface area contributed by atoms with Crippen molar-refractivity contribution in [1.29, 1.82) is 0 Å². The summed E-state index contributed by atoms with van der Waals surface area (Å²) >= 11 is 0. The van der Waals surface area contributed by atoms with Gasteiger partial charge in [-0.3, -0.25) is 9.63 Å². The zero-order valence-electron chi connectivity index (χ0n) is 22.1. The Morgan fingerprint density at radius 1 is 0.902 bits per heavy atom. The molecule has 0 bridgehead atoms. The third kappa shape index (κ3) is 5.13. The van der Waals surface area contributed by atoms with Crippen LogP contribution in [0.15, 0.2) is 48.5 Å². The zero-order valence-corrected chi connectivity index (χ0v) is 22.1. The van der Waals surface area contributed by atoms with Crippen molar-refractivity contribution in [2.45, 2.75) is 24.4 Å². The SMILES string of the molecule is COc1cc(C2Oc3cc([C@H]4Oc5cc(OC(=O)N(C)OC)cc(O)c5C(=O)[C@@H]4O)ccc3OC2CO)ccc1O. The topological polar surface area (TPSA) is 174 Å². The van der Waals surface area contributed by atoms with Gasteiger partial charge in [-0.1, -0.05) is 12.1 Å². The number of hydrogen-bond acceptors (Lipinski definition) is 12. The number of Topliss-reactive ketones (excluding diaryl/α,β-unsaturated/α-hetero) is 1. The summed E-state index contributed by atoms with van der Waals surface area (Å²) < 4.78 is 28.4. The highest BCUT2D eigenvalue weighted by molar-refractivity contribution is 6.05. The van der Waals surface area contributed by atoms with E-state index in [9.17, 15) is 30.0 Å². The Morgan fingerprint density at radius 3 is 2.32 bits per heavy atom. The van der Waals surface area contributed by atoms with Crippen molar-refractivity contribution in [2.75, 3.05) is 27.9 Å². The van der Waals surface area contributed by atoms with E-state index in [-0.39, 0.29) is 40.9 Å². The first kappa shape index (κ1) is 27.8. The number of benzene rings is 3. The van der Waals surface area contributed by atoms with Crippen LogP contribution in [0.5, 0.6) is 40.2 Å². The highest BCUT2D eigenvalue weighted by atomic mass is 16.7. The highest BCUT2D eigenvalue weighted by Gasteiger charge is 2.41. The molecule has 1 amide bonds. The summed E-state index contributed by atoms with van der Waals surface area (Å²) in [5, 5.41) is 42.0. The third-order valence-electron chi connectivity index (χ3n) is 6.73. The lowest BCUT2D eigenvalue weighted by atomic mass is 9.92. The number of amides is 1. The van der Waals surface area contributed by atoms with Crippen LogP contribution in [0.4, 0.5) is 4.79 Å². The van der Waals surface area contributed by atoms with Crippen LogP contribution in [0.3, 0.4) is 0 Å². The molecule has 0 aromatic heterocycles. The highest BCUT2D eigenvalue weighted by Crippen LogP contribution is 2.46. The average Bonchev–Trinajstić information content (AvgIpc) is 2.97. The van der Waals surface area contributed by atoms with E-state index in [4.69, 9.17) is 28.5 Å². The van der Waals surface area contributed by atoms with E-state index in [1.807, 2.05) is 0 Å². The number of aliphatic hydroxyl groups excluding tert-OH is 2. The fraction of sp³-hybridized carbons (Fsp3) is 0.286. The van der Waals surface area contributed by atoms with E-state index in [0.717, 1.165) is 11.1 Å². The lowest BCUT2D eigenvalue weighted by molar-refractivity contribution is -0.0790. The van der Waals surface area contributed by atoms with Gasteiger partial charge in [0.1, 0.15) is 22.8 Å². The summed E-state index contributed by atoms with van der Waals surface area (Å²) in [6.45, 7) is -0.374. The summed E-state index contributed by atoms with van der Waals surface area (Å²) in [5.74, 6) is -0.894. The van der Waals surface area contributed by atoms with Crippen LogP contribution in [-0.4, -0.2) is 77.4 Å². The van der Waals surface area contributed by atoms with Crippen LogP contribution in [0.1, 0.15) is 33.7 Å². The van der Waals surface area contributed by atoms with Crippen molar-refractivity contribution in [3.8, 4) is 40.2 Å². The fourth-order valence-corrected chi connectivity index (χ4v) is 4.57. The number of ketones is 1. The first-order valence-corrected chi connectivity index (χ1v) is 12.4. The number of phenols is 2. The number of phenolic OH excluding ortho intramolecular Hbond substituents is 2. The maximum absolute atomic E-state index is 13.1. The van der Waals surface area contributed by atoms with Gasteiger partial charge in [0.15, 0.2) is 47.4 Å². The van der Waals surface area contributed by atoms with Gasteiger partial charge in [-0.15, -0.1) is 0 Å². The molecular formula is C28H27NO12. The van der Waals surface area contributed by atoms with E-state index < -0.39 is 42.0 Å². The van der Waals surface area contributed by atoms with E-state index >= 15 is 0 Å². The van der Waals surface area contributed by atoms with E-state index in [1.165, 1.54) is 39.5 Å². The summed E-state index contributed by atoms with van der Waals surface area (Å²) in [6.07, 6.45) is -5.38. The minimum Gasteiger partial charge on any atom is -0.507 e. The Morgan fingerprint density at radius 2 is 1.61 bits per heavy atom. The lowest BCUT2D eigenvalue weighted by Gasteiger charge is -2.35. The van der Waals surface area contributed by atoms with Gasteiger partial charge in [0, 0.05) is 24.7 Å². The van der Waals surface area contributed by atoms with Gasteiger partial charge in [-0.05, 0) is 29.8 Å². The van der Waals surface area contributed by atoms with Crippen LogP contribution in [-0.2, 0) is 4.84 Å². The molecule has 4 N–H and O–H groups in total. The summed E-state index contributed by atoms with van der Waals surface area (Å²) in [4.78, 5) is 29.9. The van der Waals surface area contributed by atoms with Crippen molar-refractivity contribution in [3.05, 3.63) is 65.2 Å². The van der Waals surface area contributed by atoms with Crippen molar-refractivity contribution in [2.24, 2.45) is 0 Å². The molecular weight excluding hydrogens is 542 g/mol. The number of rotatable bonds is 6. The lowest BCUT2D eigenvalue weighted by Crippen LogP contribution is -2.37. The molecule has 0 spiro atoms. The molecule has 2 heterocycles. The van der Waals surface area contributed by atoms with E-state index in [2.05, 4.69) is 0 Å². The maximum atomic E-state index is 13.1. The van der Waals surface area contributed by atoms with Crippen molar-refractivity contribution in [3.63, 3.8) is 0 Å². The number of aromatic hydroxyl groups is 2. The van der Waals surface area contributed by atoms with Crippen molar-refractivity contribution >= 4 is 11.9 Å². The number of nitrogens with zero attached hydrogens (tertiary/aromatic N) is 1.